The van der Waals surface area contributed by atoms with E-state index in [1.807, 2.05) is 11.3 Å². The fourth-order valence-corrected chi connectivity index (χ4v) is 3.21. The van der Waals surface area contributed by atoms with Crippen LogP contribution in [0.4, 0.5) is 0 Å². The van der Waals surface area contributed by atoms with Crippen LogP contribution in [0.5, 0.6) is 0 Å². The van der Waals surface area contributed by atoms with Crippen molar-refractivity contribution in [1.29, 1.82) is 0 Å². The van der Waals surface area contributed by atoms with E-state index in [9.17, 15) is 0 Å². The first-order valence-electron chi connectivity index (χ1n) is 6.71. The number of aryl methyl sites for hydroxylation is 2. The lowest BCUT2D eigenvalue weighted by molar-refractivity contribution is 0.354. The highest BCUT2D eigenvalue weighted by Gasteiger charge is 2.44. The number of nitrogens with one attached hydrogen (secondary N) is 1. The first-order chi connectivity index (χ1) is 8.05. The van der Waals surface area contributed by atoms with Gasteiger partial charge in [-0.1, -0.05) is 13.8 Å². The van der Waals surface area contributed by atoms with Gasteiger partial charge >= 0.3 is 0 Å². The van der Waals surface area contributed by atoms with Gasteiger partial charge in [-0.2, -0.15) is 0 Å². The van der Waals surface area contributed by atoms with E-state index in [2.05, 4.69) is 38.0 Å². The fraction of sp³-hybridized carbons (Fsp3) is 0.786. The number of thiazole rings is 1. The lowest BCUT2D eigenvalue weighted by atomic mass is 9.96. The lowest BCUT2D eigenvalue weighted by Crippen LogP contribution is -2.38. The van der Waals surface area contributed by atoms with Gasteiger partial charge in [0, 0.05) is 17.3 Å². The van der Waals surface area contributed by atoms with Crippen LogP contribution in [0, 0.1) is 19.3 Å². The minimum absolute atomic E-state index is 0.530. The molecule has 0 bridgehead atoms. The highest BCUT2D eigenvalue weighted by atomic mass is 32.1. The Hall–Kier alpha value is -0.410. The van der Waals surface area contributed by atoms with Crippen molar-refractivity contribution in [1.82, 2.24) is 10.3 Å². The molecular weight excluding hydrogens is 228 g/mol. The molecule has 0 spiro atoms. The van der Waals surface area contributed by atoms with Gasteiger partial charge in [-0.05, 0) is 45.1 Å². The lowest BCUT2D eigenvalue weighted by Gasteiger charge is -2.24. The minimum Gasteiger partial charge on any atom is -0.313 e. The van der Waals surface area contributed by atoms with E-state index in [-0.39, 0.29) is 0 Å². The second-order valence-corrected chi connectivity index (χ2v) is 6.90. The molecule has 1 aliphatic carbocycles. The van der Waals surface area contributed by atoms with Gasteiger partial charge in [0.1, 0.15) is 0 Å². The summed E-state index contributed by atoms with van der Waals surface area (Å²) in [6, 6.07) is 0.618. The average molecular weight is 252 g/mol. The summed E-state index contributed by atoms with van der Waals surface area (Å²) in [5.41, 5.74) is 1.74. The molecule has 2 nitrogen and oxygen atoms in total. The number of nitrogens with zero attached hydrogens (tertiary/aromatic N) is 1. The van der Waals surface area contributed by atoms with Crippen LogP contribution >= 0.6 is 11.3 Å². The van der Waals surface area contributed by atoms with Crippen LogP contribution in [-0.2, 0) is 6.42 Å². The maximum Gasteiger partial charge on any atom is 0.0946 e. The van der Waals surface area contributed by atoms with E-state index in [1.165, 1.54) is 34.8 Å². The van der Waals surface area contributed by atoms with Crippen molar-refractivity contribution in [3.05, 3.63) is 15.6 Å². The topological polar surface area (TPSA) is 24.9 Å². The third kappa shape index (κ3) is 3.08. The molecule has 96 valence electrons. The van der Waals surface area contributed by atoms with Crippen LogP contribution in [-0.4, -0.2) is 17.6 Å². The Labute approximate surface area is 109 Å². The Morgan fingerprint density at radius 3 is 2.59 bits per heavy atom. The highest BCUT2D eigenvalue weighted by Crippen LogP contribution is 2.49. The highest BCUT2D eigenvalue weighted by molar-refractivity contribution is 7.11. The first-order valence-corrected chi connectivity index (χ1v) is 7.53. The zero-order valence-electron chi connectivity index (χ0n) is 11.5. The quantitative estimate of drug-likeness (QED) is 0.838. The summed E-state index contributed by atoms with van der Waals surface area (Å²) in [6.45, 7) is 10.1. The molecule has 1 saturated carbocycles. The molecular formula is C14H24N2S. The largest absolute Gasteiger partial charge is 0.313 e. The van der Waals surface area contributed by atoms with Crippen molar-refractivity contribution in [3.8, 4) is 0 Å². The normalized spacial score (nSPS) is 19.3. The Balaban J connectivity index is 2.01. The fourth-order valence-electron chi connectivity index (χ4n) is 2.23. The molecule has 0 aromatic carbocycles. The van der Waals surface area contributed by atoms with Crippen LogP contribution in [0.1, 0.15) is 48.7 Å². The standard InChI is InChI=1S/C14H24N2S/c1-5-8-15-12(14(4)6-7-14)9-13-16-10(2)11(3)17-13/h12,15H,5-9H2,1-4H3. The Morgan fingerprint density at radius 2 is 2.12 bits per heavy atom. The molecule has 1 heterocycles. The zero-order valence-corrected chi connectivity index (χ0v) is 12.3. The Kier molecular flexibility index (Phi) is 3.88. The number of hydrogen-bond donors (Lipinski definition) is 1. The predicted octanol–water partition coefficient (Wildman–Crippen LogP) is 3.47. The molecule has 1 aromatic heterocycles. The van der Waals surface area contributed by atoms with Crippen LogP contribution in [0.2, 0.25) is 0 Å². The molecule has 3 heteroatoms. The maximum absolute atomic E-state index is 4.68. The number of rotatable bonds is 6. The molecule has 17 heavy (non-hydrogen) atoms. The smallest absolute Gasteiger partial charge is 0.0946 e. The van der Waals surface area contributed by atoms with Gasteiger partial charge in [-0.3, -0.25) is 0 Å². The molecule has 1 unspecified atom stereocenters. The van der Waals surface area contributed by atoms with Crippen molar-refractivity contribution in [2.24, 2.45) is 5.41 Å². The molecule has 0 amide bonds. The molecule has 1 atom stereocenters. The molecule has 1 aromatic rings. The van der Waals surface area contributed by atoms with Gasteiger partial charge in [0.15, 0.2) is 0 Å². The van der Waals surface area contributed by atoms with Crippen molar-refractivity contribution < 1.29 is 0 Å². The zero-order chi connectivity index (χ0) is 12.5. The summed E-state index contributed by atoms with van der Waals surface area (Å²) in [6.07, 6.45) is 5.06. The van der Waals surface area contributed by atoms with Crippen LogP contribution < -0.4 is 5.32 Å². The molecule has 1 N–H and O–H groups in total. The summed E-state index contributed by atoms with van der Waals surface area (Å²) in [7, 11) is 0. The second-order valence-electron chi connectivity index (χ2n) is 5.61. The van der Waals surface area contributed by atoms with E-state index >= 15 is 0 Å². The van der Waals surface area contributed by atoms with Gasteiger partial charge in [0.2, 0.25) is 0 Å². The maximum atomic E-state index is 4.68. The van der Waals surface area contributed by atoms with Crippen molar-refractivity contribution in [3.63, 3.8) is 0 Å². The number of aromatic nitrogens is 1. The Bertz CT molecular complexity index is 360. The van der Waals surface area contributed by atoms with E-state index in [1.54, 1.807) is 0 Å². The van der Waals surface area contributed by atoms with E-state index in [4.69, 9.17) is 0 Å². The summed E-state index contributed by atoms with van der Waals surface area (Å²) >= 11 is 1.87. The molecule has 1 fully saturated rings. The van der Waals surface area contributed by atoms with Gasteiger partial charge < -0.3 is 5.32 Å². The molecule has 2 rings (SSSR count). The van der Waals surface area contributed by atoms with E-state index < -0.39 is 0 Å². The second kappa shape index (κ2) is 5.07. The monoisotopic (exact) mass is 252 g/mol. The van der Waals surface area contributed by atoms with Gasteiger partial charge in [0.05, 0.1) is 10.7 Å². The molecule has 1 aliphatic rings. The van der Waals surface area contributed by atoms with E-state index in [0.29, 0.717) is 11.5 Å². The van der Waals surface area contributed by atoms with Crippen LogP contribution in [0.3, 0.4) is 0 Å². The molecule has 0 aliphatic heterocycles. The minimum atomic E-state index is 0.530. The SMILES string of the molecule is CCCNC(Cc1nc(C)c(C)s1)C1(C)CC1. The van der Waals surface area contributed by atoms with E-state index in [0.717, 1.165) is 13.0 Å². The van der Waals surface area contributed by atoms with Gasteiger partial charge in [-0.25, -0.2) is 4.98 Å². The third-order valence-corrected chi connectivity index (χ3v) is 5.07. The van der Waals surface area contributed by atoms with Crippen molar-refractivity contribution in [2.75, 3.05) is 6.54 Å². The van der Waals surface area contributed by atoms with Crippen LogP contribution in [0.25, 0.3) is 0 Å². The first kappa shape index (κ1) is 13.0. The summed E-state index contributed by atoms with van der Waals surface area (Å²) in [5.74, 6) is 0. The van der Waals surface area contributed by atoms with Crippen molar-refractivity contribution in [2.45, 2.75) is 59.4 Å². The molecule has 0 saturated heterocycles. The predicted molar refractivity (Wildman–Crippen MR) is 74.7 cm³/mol. The van der Waals surface area contributed by atoms with Gasteiger partial charge in [-0.15, -0.1) is 11.3 Å². The summed E-state index contributed by atoms with van der Waals surface area (Å²) in [5, 5.41) is 5.02. The Morgan fingerprint density at radius 1 is 1.41 bits per heavy atom. The summed E-state index contributed by atoms with van der Waals surface area (Å²) < 4.78 is 0. The van der Waals surface area contributed by atoms with Crippen LogP contribution in [0.15, 0.2) is 0 Å². The average Bonchev–Trinajstić information content (AvgIpc) is 2.95. The third-order valence-electron chi connectivity index (χ3n) is 3.97. The summed E-state index contributed by atoms with van der Waals surface area (Å²) in [4.78, 5) is 6.05. The van der Waals surface area contributed by atoms with Crippen molar-refractivity contribution >= 4 is 11.3 Å². The molecule has 0 radical (unpaired) electrons. The van der Waals surface area contributed by atoms with Gasteiger partial charge in [0.25, 0.3) is 0 Å². The number of hydrogen-bond acceptors (Lipinski definition) is 3.